The Kier molecular flexibility index (Phi) is 2.65. The number of pyridine rings is 1. The molecule has 3 heterocycles. The van der Waals surface area contributed by atoms with Crippen LogP contribution in [0.25, 0.3) is 0 Å². The normalized spacial score (nSPS) is 14.6. The topological polar surface area (TPSA) is 34.0 Å². The molecule has 1 aliphatic heterocycles. The van der Waals surface area contributed by atoms with E-state index in [1.807, 2.05) is 0 Å². The molecule has 0 unspecified atom stereocenters. The third-order valence-electron chi connectivity index (χ3n) is 3.04. The van der Waals surface area contributed by atoms with Crippen LogP contribution in [0.3, 0.4) is 0 Å². The van der Waals surface area contributed by atoms with Crippen molar-refractivity contribution in [3.8, 4) is 0 Å². The van der Waals surface area contributed by atoms with Crippen LogP contribution in [-0.2, 0) is 13.1 Å². The van der Waals surface area contributed by atoms with Gasteiger partial charge in [-0.25, -0.2) is 4.98 Å². The van der Waals surface area contributed by atoms with Crippen LogP contribution in [0, 0.1) is 23.5 Å². The standard InChI is InChI=1S/C11H8F4N4/c12-7-9(8(13)11(15)17-10(7)14)19-4-3-18-2-1-16-6(18)5-19/h1-2H,3-5H2. The molecule has 0 N–H and O–H groups in total. The summed E-state index contributed by atoms with van der Waals surface area (Å²) in [6, 6.07) is 0. The largest absolute Gasteiger partial charge is 0.357 e. The second-order valence-electron chi connectivity index (χ2n) is 4.13. The lowest BCUT2D eigenvalue weighted by Crippen LogP contribution is -2.35. The number of rotatable bonds is 1. The highest BCUT2D eigenvalue weighted by Gasteiger charge is 2.28. The summed E-state index contributed by atoms with van der Waals surface area (Å²) in [7, 11) is 0. The molecule has 2 aromatic heterocycles. The van der Waals surface area contributed by atoms with Crippen molar-refractivity contribution < 1.29 is 17.6 Å². The number of halogens is 4. The van der Waals surface area contributed by atoms with Gasteiger partial charge in [0, 0.05) is 25.5 Å². The van der Waals surface area contributed by atoms with Gasteiger partial charge in [0.05, 0.1) is 6.54 Å². The van der Waals surface area contributed by atoms with Gasteiger partial charge in [-0.2, -0.15) is 22.5 Å². The fraction of sp³-hybridized carbons (Fsp3) is 0.273. The van der Waals surface area contributed by atoms with Gasteiger partial charge in [0.15, 0.2) is 0 Å². The van der Waals surface area contributed by atoms with Gasteiger partial charge in [-0.15, -0.1) is 0 Å². The molecule has 0 aromatic carbocycles. The highest BCUT2D eigenvalue weighted by molar-refractivity contribution is 5.49. The summed E-state index contributed by atoms with van der Waals surface area (Å²) >= 11 is 0. The third-order valence-corrected chi connectivity index (χ3v) is 3.04. The molecule has 4 nitrogen and oxygen atoms in total. The van der Waals surface area contributed by atoms with E-state index in [-0.39, 0.29) is 13.1 Å². The monoisotopic (exact) mass is 272 g/mol. The summed E-state index contributed by atoms with van der Waals surface area (Å²) in [4.78, 5) is 7.75. The predicted molar refractivity (Wildman–Crippen MR) is 57.3 cm³/mol. The molecular weight excluding hydrogens is 264 g/mol. The molecule has 0 amide bonds. The highest BCUT2D eigenvalue weighted by Crippen LogP contribution is 2.28. The molecule has 0 saturated carbocycles. The molecule has 0 atom stereocenters. The molecule has 0 saturated heterocycles. The Hall–Kier alpha value is -2.12. The van der Waals surface area contributed by atoms with E-state index in [4.69, 9.17) is 0 Å². The van der Waals surface area contributed by atoms with E-state index in [0.29, 0.717) is 12.4 Å². The molecule has 2 aromatic rings. The van der Waals surface area contributed by atoms with E-state index >= 15 is 0 Å². The van der Waals surface area contributed by atoms with Crippen molar-refractivity contribution in [1.82, 2.24) is 14.5 Å². The van der Waals surface area contributed by atoms with E-state index in [2.05, 4.69) is 9.97 Å². The van der Waals surface area contributed by atoms with Gasteiger partial charge in [-0.3, -0.25) is 0 Å². The van der Waals surface area contributed by atoms with Crippen LogP contribution in [0.5, 0.6) is 0 Å². The minimum Gasteiger partial charge on any atom is -0.357 e. The molecule has 19 heavy (non-hydrogen) atoms. The molecule has 1 aliphatic rings. The van der Waals surface area contributed by atoms with E-state index in [1.54, 1.807) is 17.0 Å². The van der Waals surface area contributed by atoms with Crippen LogP contribution >= 0.6 is 0 Å². The summed E-state index contributed by atoms with van der Waals surface area (Å²) in [5.41, 5.74) is -0.737. The average molecular weight is 272 g/mol. The predicted octanol–water partition coefficient (Wildman–Crippen LogP) is 1.85. The maximum atomic E-state index is 13.6. The molecule has 0 fully saturated rings. The molecule has 100 valence electrons. The summed E-state index contributed by atoms with van der Waals surface area (Å²) in [6.07, 6.45) is 3.28. The fourth-order valence-corrected chi connectivity index (χ4v) is 2.12. The number of fused-ring (bicyclic) bond motifs is 1. The Bertz CT molecular complexity index is 614. The number of imidazole rings is 1. The zero-order chi connectivity index (χ0) is 13.6. The van der Waals surface area contributed by atoms with Gasteiger partial charge < -0.3 is 9.47 Å². The molecule has 0 radical (unpaired) electrons. The van der Waals surface area contributed by atoms with Gasteiger partial charge in [-0.05, 0) is 0 Å². The molecule has 8 heteroatoms. The molecule has 0 spiro atoms. The Balaban J connectivity index is 2.05. The molecular formula is C11H8F4N4. The number of hydrogen-bond donors (Lipinski definition) is 0. The Morgan fingerprint density at radius 3 is 2.37 bits per heavy atom. The number of nitrogens with zero attached hydrogens (tertiary/aromatic N) is 4. The van der Waals surface area contributed by atoms with E-state index < -0.39 is 29.2 Å². The van der Waals surface area contributed by atoms with E-state index in [0.717, 1.165) is 0 Å². The zero-order valence-electron chi connectivity index (χ0n) is 9.58. The second kappa shape index (κ2) is 4.22. The van der Waals surface area contributed by atoms with Crippen LogP contribution in [0.2, 0.25) is 0 Å². The molecule has 0 bridgehead atoms. The number of aromatic nitrogens is 3. The highest BCUT2D eigenvalue weighted by atomic mass is 19.2. The van der Waals surface area contributed by atoms with Crippen LogP contribution in [-0.4, -0.2) is 21.1 Å². The smallest absolute Gasteiger partial charge is 0.253 e. The van der Waals surface area contributed by atoms with Crippen molar-refractivity contribution in [3.63, 3.8) is 0 Å². The van der Waals surface area contributed by atoms with Crippen LogP contribution in [0.15, 0.2) is 12.4 Å². The van der Waals surface area contributed by atoms with Gasteiger partial charge in [0.25, 0.3) is 11.9 Å². The van der Waals surface area contributed by atoms with Gasteiger partial charge in [0.2, 0.25) is 11.6 Å². The van der Waals surface area contributed by atoms with Crippen LogP contribution < -0.4 is 4.90 Å². The summed E-state index contributed by atoms with van der Waals surface area (Å²) in [5.74, 6) is -5.70. The van der Waals surface area contributed by atoms with Crippen molar-refractivity contribution in [2.75, 3.05) is 11.4 Å². The van der Waals surface area contributed by atoms with Crippen molar-refractivity contribution >= 4 is 5.69 Å². The Labute approximate surface area is 105 Å². The van der Waals surface area contributed by atoms with E-state index in [1.165, 1.54) is 4.90 Å². The first-order valence-corrected chi connectivity index (χ1v) is 5.53. The van der Waals surface area contributed by atoms with Crippen molar-refractivity contribution in [2.45, 2.75) is 13.1 Å². The van der Waals surface area contributed by atoms with Crippen molar-refractivity contribution in [3.05, 3.63) is 41.7 Å². The second-order valence-corrected chi connectivity index (χ2v) is 4.13. The van der Waals surface area contributed by atoms with E-state index in [9.17, 15) is 17.6 Å². The van der Waals surface area contributed by atoms with Crippen molar-refractivity contribution in [1.29, 1.82) is 0 Å². The Morgan fingerprint density at radius 1 is 1.00 bits per heavy atom. The summed E-state index contributed by atoms with van der Waals surface area (Å²) in [6.45, 7) is 0.726. The lowest BCUT2D eigenvalue weighted by atomic mass is 10.2. The molecule has 0 aliphatic carbocycles. The lowest BCUT2D eigenvalue weighted by molar-refractivity contribution is 0.401. The average Bonchev–Trinajstić information content (AvgIpc) is 2.84. The third kappa shape index (κ3) is 1.83. The SMILES string of the molecule is Fc1nc(F)c(F)c(N2CCn3ccnc3C2)c1F. The summed E-state index contributed by atoms with van der Waals surface area (Å²) in [5, 5.41) is 0. The maximum absolute atomic E-state index is 13.6. The molecule has 3 rings (SSSR count). The Morgan fingerprint density at radius 2 is 1.68 bits per heavy atom. The first-order valence-electron chi connectivity index (χ1n) is 5.53. The minimum absolute atomic E-state index is 0.0731. The van der Waals surface area contributed by atoms with Crippen LogP contribution in [0.4, 0.5) is 23.2 Å². The first kappa shape index (κ1) is 11.9. The van der Waals surface area contributed by atoms with Crippen molar-refractivity contribution in [2.24, 2.45) is 0 Å². The lowest BCUT2D eigenvalue weighted by Gasteiger charge is -2.29. The number of hydrogen-bond acceptors (Lipinski definition) is 3. The fourth-order valence-electron chi connectivity index (χ4n) is 2.12. The van der Waals surface area contributed by atoms with Gasteiger partial charge >= 0.3 is 0 Å². The quantitative estimate of drug-likeness (QED) is 0.587. The van der Waals surface area contributed by atoms with Gasteiger partial charge in [0.1, 0.15) is 11.5 Å². The van der Waals surface area contributed by atoms with Crippen LogP contribution in [0.1, 0.15) is 5.82 Å². The zero-order valence-corrected chi connectivity index (χ0v) is 9.58. The summed E-state index contributed by atoms with van der Waals surface area (Å²) < 4.78 is 55.2. The minimum atomic E-state index is -1.65. The van der Waals surface area contributed by atoms with Gasteiger partial charge in [-0.1, -0.05) is 0 Å². The number of anilines is 1. The first-order chi connectivity index (χ1) is 9.08. The maximum Gasteiger partial charge on any atom is 0.253 e.